The lowest BCUT2D eigenvalue weighted by molar-refractivity contribution is 0.221. The number of ether oxygens (including phenoxy) is 1. The van der Waals surface area contributed by atoms with Crippen molar-refractivity contribution in [3.8, 4) is 6.01 Å². The van der Waals surface area contributed by atoms with Gasteiger partial charge in [0.2, 0.25) is 11.9 Å². The third kappa shape index (κ3) is 4.17. The van der Waals surface area contributed by atoms with Gasteiger partial charge in [0.1, 0.15) is 0 Å². The molecule has 1 N–H and O–H groups in total. The molecule has 1 unspecified atom stereocenters. The first-order valence-electron chi connectivity index (χ1n) is 7.61. The van der Waals surface area contributed by atoms with E-state index in [1.165, 1.54) is 0 Å². The Bertz CT molecular complexity index is 467. The maximum atomic E-state index is 5.65. The second-order valence-corrected chi connectivity index (χ2v) is 5.74. The number of aromatic nitrogens is 3. The van der Waals surface area contributed by atoms with Crippen molar-refractivity contribution < 1.29 is 4.74 Å². The molecule has 118 valence electrons. The lowest BCUT2D eigenvalue weighted by Gasteiger charge is -2.38. The molecule has 1 fully saturated rings. The van der Waals surface area contributed by atoms with Crippen molar-refractivity contribution in [2.75, 3.05) is 43.4 Å². The average Bonchev–Trinajstić information content (AvgIpc) is 2.37. The van der Waals surface area contributed by atoms with E-state index < -0.39 is 0 Å². The van der Waals surface area contributed by atoms with E-state index in [9.17, 15) is 0 Å². The van der Waals surface area contributed by atoms with Crippen LogP contribution in [-0.4, -0.2) is 65.2 Å². The van der Waals surface area contributed by atoms with Gasteiger partial charge in [-0.15, -0.1) is 0 Å². The van der Waals surface area contributed by atoms with E-state index in [1.54, 1.807) is 0 Å². The number of piperazine rings is 1. The maximum Gasteiger partial charge on any atom is 0.323 e. The lowest BCUT2D eigenvalue weighted by atomic mass is 10.2. The predicted octanol–water partition coefficient (Wildman–Crippen LogP) is 1.23. The molecule has 0 aliphatic carbocycles. The number of rotatable bonds is 5. The van der Waals surface area contributed by atoms with Gasteiger partial charge in [-0.05, 0) is 34.7 Å². The second kappa shape index (κ2) is 6.89. The molecule has 1 saturated heterocycles. The van der Waals surface area contributed by atoms with Gasteiger partial charge in [0.05, 0.1) is 6.10 Å². The van der Waals surface area contributed by atoms with Gasteiger partial charge in [-0.2, -0.15) is 15.0 Å². The Morgan fingerprint density at radius 3 is 2.67 bits per heavy atom. The van der Waals surface area contributed by atoms with Crippen molar-refractivity contribution >= 4 is 11.9 Å². The van der Waals surface area contributed by atoms with Crippen molar-refractivity contribution in [3.63, 3.8) is 0 Å². The highest BCUT2D eigenvalue weighted by Gasteiger charge is 2.25. The summed E-state index contributed by atoms with van der Waals surface area (Å²) in [6.07, 6.45) is 0.0413. The summed E-state index contributed by atoms with van der Waals surface area (Å²) in [4.78, 5) is 17.8. The average molecular weight is 294 g/mol. The van der Waals surface area contributed by atoms with E-state index in [0.29, 0.717) is 23.9 Å². The summed E-state index contributed by atoms with van der Waals surface area (Å²) in [6, 6.07) is 0.754. The third-order valence-electron chi connectivity index (χ3n) is 3.37. The monoisotopic (exact) mass is 294 g/mol. The summed E-state index contributed by atoms with van der Waals surface area (Å²) in [5.41, 5.74) is 0. The number of nitrogens with zero attached hydrogens (tertiary/aromatic N) is 5. The molecule has 0 aromatic carbocycles. The molecule has 1 aromatic heterocycles. The highest BCUT2D eigenvalue weighted by Crippen LogP contribution is 2.20. The summed E-state index contributed by atoms with van der Waals surface area (Å²) >= 11 is 0. The Kier molecular flexibility index (Phi) is 5.17. The van der Waals surface area contributed by atoms with Crippen LogP contribution in [0.5, 0.6) is 6.01 Å². The van der Waals surface area contributed by atoms with Crippen LogP contribution in [0, 0.1) is 0 Å². The Hall–Kier alpha value is -1.63. The molecule has 7 nitrogen and oxygen atoms in total. The number of likely N-dealkylation sites (N-methyl/N-ethyl adjacent to an activating group) is 1. The molecule has 0 amide bonds. The highest BCUT2D eigenvalue weighted by molar-refractivity contribution is 5.40. The summed E-state index contributed by atoms with van der Waals surface area (Å²) in [5, 5.41) is 3.14. The van der Waals surface area contributed by atoms with Gasteiger partial charge in [0.15, 0.2) is 0 Å². The first-order chi connectivity index (χ1) is 9.99. The Balaban J connectivity index is 2.26. The molecular weight excluding hydrogens is 268 g/mol. The molecule has 0 radical (unpaired) electrons. The van der Waals surface area contributed by atoms with Gasteiger partial charge < -0.3 is 19.9 Å². The topological polar surface area (TPSA) is 66.4 Å². The molecule has 21 heavy (non-hydrogen) atoms. The zero-order valence-electron chi connectivity index (χ0n) is 13.6. The van der Waals surface area contributed by atoms with Crippen LogP contribution in [0.1, 0.15) is 27.7 Å². The molecular formula is C14H26N6O. The fourth-order valence-corrected chi connectivity index (χ4v) is 2.41. The minimum atomic E-state index is 0.0413. The zero-order chi connectivity index (χ0) is 15.4. The van der Waals surface area contributed by atoms with Crippen LogP contribution in [0.3, 0.4) is 0 Å². The molecule has 1 aliphatic heterocycles. The number of nitrogens with one attached hydrogen (secondary N) is 1. The lowest BCUT2D eigenvalue weighted by Crippen LogP contribution is -2.51. The van der Waals surface area contributed by atoms with Gasteiger partial charge >= 0.3 is 6.01 Å². The Morgan fingerprint density at radius 2 is 2.05 bits per heavy atom. The first kappa shape index (κ1) is 15.8. The predicted molar refractivity (Wildman–Crippen MR) is 84.1 cm³/mol. The van der Waals surface area contributed by atoms with Crippen LogP contribution in [0.4, 0.5) is 11.9 Å². The third-order valence-corrected chi connectivity index (χ3v) is 3.37. The van der Waals surface area contributed by atoms with E-state index >= 15 is 0 Å². The molecule has 0 bridgehead atoms. The van der Waals surface area contributed by atoms with Crippen LogP contribution < -0.4 is 15.0 Å². The molecule has 2 rings (SSSR count). The molecule has 0 spiro atoms. The molecule has 1 aromatic rings. The smallest absolute Gasteiger partial charge is 0.323 e. The second-order valence-electron chi connectivity index (χ2n) is 5.74. The first-order valence-corrected chi connectivity index (χ1v) is 7.61. The van der Waals surface area contributed by atoms with Gasteiger partial charge in [0, 0.05) is 32.2 Å². The molecule has 0 saturated carbocycles. The largest absolute Gasteiger partial charge is 0.461 e. The van der Waals surface area contributed by atoms with E-state index in [2.05, 4.69) is 44.0 Å². The van der Waals surface area contributed by atoms with Crippen molar-refractivity contribution in [2.24, 2.45) is 0 Å². The standard InChI is InChI=1S/C14H26N6O/c1-6-15-12-16-13(18-14(17-12)21-10(2)3)20-8-7-19(5)9-11(20)4/h10-11H,6-9H2,1-5H3,(H,15,16,17,18). The fraction of sp³-hybridized carbons (Fsp3) is 0.786. The number of anilines is 2. The van der Waals surface area contributed by atoms with Crippen molar-refractivity contribution in [2.45, 2.75) is 39.8 Å². The SMILES string of the molecule is CCNc1nc(OC(C)C)nc(N2CCN(C)CC2C)n1. The summed E-state index contributed by atoms with van der Waals surface area (Å²) < 4.78 is 5.65. The van der Waals surface area contributed by atoms with Gasteiger partial charge in [-0.25, -0.2) is 0 Å². The van der Waals surface area contributed by atoms with Gasteiger partial charge in [-0.1, -0.05) is 0 Å². The molecule has 7 heteroatoms. The minimum Gasteiger partial charge on any atom is -0.461 e. The van der Waals surface area contributed by atoms with Crippen LogP contribution >= 0.6 is 0 Å². The normalized spacial score (nSPS) is 19.9. The van der Waals surface area contributed by atoms with E-state index in [-0.39, 0.29) is 6.10 Å². The van der Waals surface area contributed by atoms with E-state index in [0.717, 1.165) is 26.2 Å². The molecule has 1 atom stereocenters. The highest BCUT2D eigenvalue weighted by atomic mass is 16.5. The Labute approximate surface area is 126 Å². The van der Waals surface area contributed by atoms with Gasteiger partial charge in [-0.3, -0.25) is 0 Å². The van der Waals surface area contributed by atoms with Crippen molar-refractivity contribution in [3.05, 3.63) is 0 Å². The van der Waals surface area contributed by atoms with Gasteiger partial charge in [0.25, 0.3) is 0 Å². The molecule has 1 aliphatic rings. The van der Waals surface area contributed by atoms with Crippen LogP contribution in [-0.2, 0) is 0 Å². The van der Waals surface area contributed by atoms with E-state index in [1.807, 2.05) is 20.8 Å². The zero-order valence-corrected chi connectivity index (χ0v) is 13.6. The summed E-state index contributed by atoms with van der Waals surface area (Å²) in [7, 11) is 2.14. The molecule has 2 heterocycles. The fourth-order valence-electron chi connectivity index (χ4n) is 2.41. The van der Waals surface area contributed by atoms with Crippen molar-refractivity contribution in [1.82, 2.24) is 19.9 Å². The number of hydrogen-bond acceptors (Lipinski definition) is 7. The Morgan fingerprint density at radius 1 is 1.29 bits per heavy atom. The van der Waals surface area contributed by atoms with Crippen LogP contribution in [0.25, 0.3) is 0 Å². The summed E-state index contributed by atoms with van der Waals surface area (Å²) in [6.45, 7) is 11.8. The minimum absolute atomic E-state index is 0.0413. The van der Waals surface area contributed by atoms with Crippen LogP contribution in [0.2, 0.25) is 0 Å². The maximum absolute atomic E-state index is 5.65. The quantitative estimate of drug-likeness (QED) is 0.876. The van der Waals surface area contributed by atoms with Crippen LogP contribution in [0.15, 0.2) is 0 Å². The van der Waals surface area contributed by atoms with Crippen molar-refractivity contribution in [1.29, 1.82) is 0 Å². The summed E-state index contributed by atoms with van der Waals surface area (Å²) in [5.74, 6) is 1.27. The number of hydrogen-bond donors (Lipinski definition) is 1. The van der Waals surface area contributed by atoms with E-state index in [4.69, 9.17) is 4.74 Å².